The van der Waals surface area contributed by atoms with Gasteiger partial charge in [-0.05, 0) is 36.8 Å². The molecule has 18 heavy (non-hydrogen) atoms. The Morgan fingerprint density at radius 3 is 2.89 bits per heavy atom. The van der Waals surface area contributed by atoms with E-state index in [-0.39, 0.29) is 5.02 Å². The van der Waals surface area contributed by atoms with E-state index in [0.29, 0.717) is 5.82 Å². The molecule has 0 amide bonds. The van der Waals surface area contributed by atoms with E-state index in [2.05, 4.69) is 10.1 Å². The van der Waals surface area contributed by atoms with Gasteiger partial charge in [0.25, 0.3) is 0 Å². The summed E-state index contributed by atoms with van der Waals surface area (Å²) in [5, 5.41) is 4.34. The Labute approximate surface area is 108 Å². The van der Waals surface area contributed by atoms with Gasteiger partial charge in [-0.25, -0.2) is 13.9 Å². The average Bonchev–Trinajstić information content (AvgIpc) is 2.72. The summed E-state index contributed by atoms with van der Waals surface area (Å²) in [6, 6.07) is 8.40. The van der Waals surface area contributed by atoms with Gasteiger partial charge in [0.1, 0.15) is 11.6 Å². The van der Waals surface area contributed by atoms with E-state index in [4.69, 9.17) is 11.6 Å². The number of pyridine rings is 1. The predicted molar refractivity (Wildman–Crippen MR) is 68.1 cm³/mol. The van der Waals surface area contributed by atoms with Crippen molar-refractivity contribution in [3.8, 4) is 11.1 Å². The van der Waals surface area contributed by atoms with Gasteiger partial charge in [0, 0.05) is 11.8 Å². The molecule has 0 atom stereocenters. The largest absolute Gasteiger partial charge is 0.220 e. The predicted octanol–water partition coefficient (Wildman–Crippen LogP) is 3.50. The standard InChI is InChI=1S/C13H9ClFN3/c1-8-16-13-10(3-2-6-18(13)17-8)9-4-5-12(15)11(14)7-9/h2-7H,1H3. The molecule has 0 spiro atoms. The van der Waals surface area contributed by atoms with Crippen LogP contribution in [0.4, 0.5) is 4.39 Å². The van der Waals surface area contributed by atoms with E-state index < -0.39 is 5.82 Å². The topological polar surface area (TPSA) is 30.2 Å². The Hall–Kier alpha value is -1.94. The molecule has 0 bridgehead atoms. The maximum Gasteiger partial charge on any atom is 0.163 e. The van der Waals surface area contributed by atoms with Crippen molar-refractivity contribution < 1.29 is 4.39 Å². The highest BCUT2D eigenvalue weighted by Crippen LogP contribution is 2.27. The first-order chi connectivity index (χ1) is 8.65. The molecule has 0 aliphatic heterocycles. The summed E-state index contributed by atoms with van der Waals surface area (Å²) in [5.41, 5.74) is 2.43. The number of halogens is 2. The van der Waals surface area contributed by atoms with Crippen molar-refractivity contribution in [2.24, 2.45) is 0 Å². The van der Waals surface area contributed by atoms with Crippen molar-refractivity contribution in [2.75, 3.05) is 0 Å². The minimum absolute atomic E-state index is 0.103. The number of aryl methyl sites for hydroxylation is 1. The lowest BCUT2D eigenvalue weighted by molar-refractivity contribution is 0.628. The summed E-state index contributed by atoms with van der Waals surface area (Å²) in [7, 11) is 0. The maximum absolute atomic E-state index is 13.2. The molecule has 0 aliphatic carbocycles. The third kappa shape index (κ3) is 1.75. The van der Waals surface area contributed by atoms with Crippen molar-refractivity contribution >= 4 is 17.2 Å². The van der Waals surface area contributed by atoms with Gasteiger partial charge in [-0.3, -0.25) is 0 Å². The van der Waals surface area contributed by atoms with Crippen molar-refractivity contribution in [1.29, 1.82) is 0 Å². The average molecular weight is 262 g/mol. The van der Waals surface area contributed by atoms with Gasteiger partial charge in [-0.2, -0.15) is 5.10 Å². The molecule has 2 heterocycles. The summed E-state index contributed by atoms with van der Waals surface area (Å²) in [6.07, 6.45) is 1.82. The monoisotopic (exact) mass is 261 g/mol. The molecular formula is C13H9ClFN3. The van der Waals surface area contributed by atoms with Crippen LogP contribution < -0.4 is 0 Å². The zero-order valence-electron chi connectivity index (χ0n) is 9.56. The van der Waals surface area contributed by atoms with E-state index in [1.165, 1.54) is 6.07 Å². The molecule has 1 aromatic carbocycles. The minimum atomic E-state index is -0.426. The molecule has 3 rings (SSSR count). The van der Waals surface area contributed by atoms with Crippen LogP contribution in [0.3, 0.4) is 0 Å². The number of rotatable bonds is 1. The quantitative estimate of drug-likeness (QED) is 0.671. The molecule has 2 aromatic heterocycles. The Kier molecular flexibility index (Phi) is 2.52. The first-order valence-electron chi connectivity index (χ1n) is 5.42. The van der Waals surface area contributed by atoms with Crippen LogP contribution in [0.2, 0.25) is 5.02 Å². The summed E-state index contributed by atoms with van der Waals surface area (Å²) in [5.74, 6) is 0.265. The molecular weight excluding hydrogens is 253 g/mol. The molecule has 0 saturated carbocycles. The second-order valence-corrected chi connectivity index (χ2v) is 4.39. The molecule has 3 aromatic rings. The number of hydrogen-bond donors (Lipinski definition) is 0. The van der Waals surface area contributed by atoms with E-state index in [9.17, 15) is 4.39 Å². The van der Waals surface area contributed by atoms with Crippen molar-refractivity contribution in [3.05, 3.63) is 53.2 Å². The molecule has 0 radical (unpaired) electrons. The van der Waals surface area contributed by atoms with Gasteiger partial charge in [0.05, 0.1) is 5.02 Å². The van der Waals surface area contributed by atoms with Gasteiger partial charge in [0.15, 0.2) is 5.65 Å². The third-order valence-corrected chi connectivity index (χ3v) is 2.99. The van der Waals surface area contributed by atoms with Crippen LogP contribution in [0.25, 0.3) is 16.8 Å². The highest BCUT2D eigenvalue weighted by Gasteiger charge is 2.09. The minimum Gasteiger partial charge on any atom is -0.220 e. The lowest BCUT2D eigenvalue weighted by Crippen LogP contribution is -1.90. The fourth-order valence-electron chi connectivity index (χ4n) is 1.90. The second kappa shape index (κ2) is 4.07. The van der Waals surface area contributed by atoms with Crippen molar-refractivity contribution in [2.45, 2.75) is 6.92 Å². The summed E-state index contributed by atoms with van der Waals surface area (Å²) in [6.45, 7) is 1.83. The summed E-state index contributed by atoms with van der Waals surface area (Å²) in [4.78, 5) is 4.36. The Morgan fingerprint density at radius 2 is 2.11 bits per heavy atom. The molecule has 3 nitrogen and oxygen atoms in total. The first-order valence-corrected chi connectivity index (χ1v) is 5.80. The Bertz CT molecular complexity index is 736. The van der Waals surface area contributed by atoms with Crippen LogP contribution in [-0.2, 0) is 0 Å². The molecule has 0 aliphatic rings. The van der Waals surface area contributed by atoms with E-state index in [1.807, 2.05) is 25.3 Å². The van der Waals surface area contributed by atoms with Gasteiger partial charge in [-0.15, -0.1) is 0 Å². The van der Waals surface area contributed by atoms with Crippen LogP contribution in [-0.4, -0.2) is 14.6 Å². The second-order valence-electron chi connectivity index (χ2n) is 3.98. The van der Waals surface area contributed by atoms with Crippen LogP contribution in [0.1, 0.15) is 5.82 Å². The van der Waals surface area contributed by atoms with Crippen molar-refractivity contribution in [3.63, 3.8) is 0 Å². The summed E-state index contributed by atoms with van der Waals surface area (Å²) >= 11 is 5.80. The number of aromatic nitrogens is 3. The van der Waals surface area contributed by atoms with E-state index in [0.717, 1.165) is 16.8 Å². The Balaban J connectivity index is 2.27. The first kappa shape index (κ1) is 11.2. The number of nitrogens with zero attached hydrogens (tertiary/aromatic N) is 3. The Morgan fingerprint density at radius 1 is 1.28 bits per heavy atom. The molecule has 90 valence electrons. The van der Waals surface area contributed by atoms with Gasteiger partial charge in [-0.1, -0.05) is 17.7 Å². The lowest BCUT2D eigenvalue weighted by atomic mass is 10.1. The van der Waals surface area contributed by atoms with Crippen LogP contribution in [0, 0.1) is 12.7 Å². The van der Waals surface area contributed by atoms with E-state index >= 15 is 0 Å². The fraction of sp³-hybridized carbons (Fsp3) is 0.0769. The number of hydrogen-bond acceptors (Lipinski definition) is 2. The molecule has 0 fully saturated rings. The highest BCUT2D eigenvalue weighted by atomic mass is 35.5. The normalized spacial score (nSPS) is 11.1. The highest BCUT2D eigenvalue weighted by molar-refractivity contribution is 6.31. The van der Waals surface area contributed by atoms with Crippen LogP contribution >= 0.6 is 11.6 Å². The third-order valence-electron chi connectivity index (χ3n) is 2.70. The molecule has 0 saturated heterocycles. The number of benzene rings is 1. The van der Waals surface area contributed by atoms with Gasteiger partial charge < -0.3 is 0 Å². The van der Waals surface area contributed by atoms with Crippen LogP contribution in [0.5, 0.6) is 0 Å². The lowest BCUT2D eigenvalue weighted by Gasteiger charge is -2.04. The SMILES string of the molecule is Cc1nc2c(-c3ccc(F)c(Cl)c3)cccn2n1. The fourth-order valence-corrected chi connectivity index (χ4v) is 2.08. The summed E-state index contributed by atoms with van der Waals surface area (Å²) < 4.78 is 14.9. The smallest absolute Gasteiger partial charge is 0.163 e. The van der Waals surface area contributed by atoms with Crippen LogP contribution in [0.15, 0.2) is 36.5 Å². The van der Waals surface area contributed by atoms with Gasteiger partial charge >= 0.3 is 0 Å². The van der Waals surface area contributed by atoms with Crippen molar-refractivity contribution in [1.82, 2.24) is 14.6 Å². The maximum atomic E-state index is 13.2. The van der Waals surface area contributed by atoms with Gasteiger partial charge in [0.2, 0.25) is 0 Å². The number of fused-ring (bicyclic) bond motifs is 1. The molecule has 5 heteroatoms. The molecule has 0 N–H and O–H groups in total. The zero-order chi connectivity index (χ0) is 12.7. The molecule has 0 unspecified atom stereocenters. The zero-order valence-corrected chi connectivity index (χ0v) is 10.3. The van der Waals surface area contributed by atoms with E-state index in [1.54, 1.807) is 16.6 Å².